The molecule has 2 aromatic heterocycles. The first-order valence-corrected chi connectivity index (χ1v) is 4.95. The Morgan fingerprint density at radius 2 is 2.07 bits per heavy atom. The first-order chi connectivity index (χ1) is 7.13. The number of aryl methyl sites for hydroxylation is 2. The van der Waals surface area contributed by atoms with Gasteiger partial charge in [-0.1, -0.05) is 5.16 Å². The lowest BCUT2D eigenvalue weighted by Gasteiger charge is -2.04. The molecule has 0 bridgehead atoms. The van der Waals surface area contributed by atoms with Gasteiger partial charge >= 0.3 is 0 Å². The minimum absolute atomic E-state index is 0.552. The predicted octanol–water partition coefficient (Wildman–Crippen LogP) is 1.85. The highest BCUT2D eigenvalue weighted by atomic mass is 16.5. The Morgan fingerprint density at radius 3 is 2.53 bits per heavy atom. The molecular formula is C11H15N3O. The van der Waals surface area contributed by atoms with E-state index in [0.717, 1.165) is 28.5 Å². The molecule has 4 heteroatoms. The fourth-order valence-corrected chi connectivity index (χ4v) is 1.85. The van der Waals surface area contributed by atoms with Crippen LogP contribution in [0, 0.1) is 20.8 Å². The van der Waals surface area contributed by atoms with E-state index in [1.807, 2.05) is 26.8 Å². The fraction of sp³-hybridized carbons (Fsp3) is 0.364. The van der Waals surface area contributed by atoms with E-state index in [-0.39, 0.29) is 0 Å². The minimum Gasteiger partial charge on any atom is -0.360 e. The molecule has 0 aliphatic carbocycles. The average Bonchev–Trinajstić information content (AvgIpc) is 2.71. The van der Waals surface area contributed by atoms with Crippen molar-refractivity contribution in [2.24, 2.45) is 5.73 Å². The van der Waals surface area contributed by atoms with Crippen molar-refractivity contribution in [3.8, 4) is 5.82 Å². The monoisotopic (exact) mass is 205 g/mol. The van der Waals surface area contributed by atoms with E-state index in [2.05, 4.69) is 15.8 Å². The maximum atomic E-state index is 5.66. The van der Waals surface area contributed by atoms with Gasteiger partial charge in [0.2, 0.25) is 0 Å². The van der Waals surface area contributed by atoms with Crippen LogP contribution >= 0.6 is 0 Å². The van der Waals surface area contributed by atoms with Crippen LogP contribution in [0.5, 0.6) is 0 Å². The van der Waals surface area contributed by atoms with Gasteiger partial charge in [-0.05, 0) is 32.4 Å². The molecule has 2 N–H and O–H groups in total. The van der Waals surface area contributed by atoms with Gasteiger partial charge in [0.05, 0.1) is 0 Å². The van der Waals surface area contributed by atoms with E-state index in [9.17, 15) is 0 Å². The van der Waals surface area contributed by atoms with Gasteiger partial charge in [0.15, 0.2) is 5.82 Å². The molecule has 0 radical (unpaired) electrons. The number of rotatable bonds is 2. The van der Waals surface area contributed by atoms with E-state index in [1.54, 1.807) is 0 Å². The van der Waals surface area contributed by atoms with Gasteiger partial charge in [-0.2, -0.15) is 0 Å². The highest BCUT2D eigenvalue weighted by molar-refractivity contribution is 5.36. The molecule has 2 rings (SSSR count). The molecule has 2 aromatic rings. The summed E-state index contributed by atoms with van der Waals surface area (Å²) in [5, 5.41) is 4.00. The first-order valence-electron chi connectivity index (χ1n) is 4.95. The van der Waals surface area contributed by atoms with Crippen LogP contribution in [-0.2, 0) is 6.54 Å². The predicted molar refractivity (Wildman–Crippen MR) is 57.9 cm³/mol. The first kappa shape index (κ1) is 9.98. The number of hydrogen-bond donors (Lipinski definition) is 1. The smallest absolute Gasteiger partial charge is 0.180 e. The Bertz CT molecular complexity index is 482. The molecule has 0 aliphatic heterocycles. The van der Waals surface area contributed by atoms with Crippen molar-refractivity contribution in [2.75, 3.05) is 0 Å². The summed E-state index contributed by atoms with van der Waals surface area (Å²) in [4.78, 5) is 0. The third-order valence-corrected chi connectivity index (χ3v) is 2.60. The van der Waals surface area contributed by atoms with Gasteiger partial charge in [-0.15, -0.1) is 0 Å². The zero-order chi connectivity index (χ0) is 11.0. The molecule has 0 spiro atoms. The van der Waals surface area contributed by atoms with E-state index >= 15 is 0 Å². The van der Waals surface area contributed by atoms with Crippen molar-refractivity contribution in [1.29, 1.82) is 0 Å². The van der Waals surface area contributed by atoms with Crippen molar-refractivity contribution in [1.82, 2.24) is 9.72 Å². The van der Waals surface area contributed by atoms with E-state index < -0.39 is 0 Å². The molecule has 15 heavy (non-hydrogen) atoms. The second-order valence-corrected chi connectivity index (χ2v) is 3.73. The van der Waals surface area contributed by atoms with Gasteiger partial charge in [-0.25, -0.2) is 0 Å². The summed E-state index contributed by atoms with van der Waals surface area (Å²) in [7, 11) is 0. The molecule has 80 valence electrons. The molecule has 0 aromatic carbocycles. The lowest BCUT2D eigenvalue weighted by molar-refractivity contribution is 0.394. The van der Waals surface area contributed by atoms with Crippen molar-refractivity contribution < 1.29 is 4.52 Å². The Labute approximate surface area is 88.7 Å². The van der Waals surface area contributed by atoms with E-state index in [0.29, 0.717) is 6.54 Å². The van der Waals surface area contributed by atoms with Crippen molar-refractivity contribution in [3.63, 3.8) is 0 Å². The Hall–Kier alpha value is -1.55. The van der Waals surface area contributed by atoms with Crippen LogP contribution in [0.25, 0.3) is 5.82 Å². The maximum Gasteiger partial charge on any atom is 0.180 e. The Kier molecular flexibility index (Phi) is 2.36. The van der Waals surface area contributed by atoms with Crippen LogP contribution < -0.4 is 5.73 Å². The number of nitrogens with two attached hydrogens (primary N) is 1. The van der Waals surface area contributed by atoms with Crippen LogP contribution in [0.3, 0.4) is 0 Å². The third kappa shape index (κ3) is 1.57. The summed E-state index contributed by atoms with van der Waals surface area (Å²) in [6, 6.07) is 4.00. The normalized spacial score (nSPS) is 10.9. The molecule has 2 heterocycles. The van der Waals surface area contributed by atoms with Crippen LogP contribution in [0.2, 0.25) is 0 Å². The van der Waals surface area contributed by atoms with Crippen molar-refractivity contribution in [3.05, 3.63) is 34.8 Å². The number of nitrogens with zero attached hydrogens (tertiary/aromatic N) is 2. The topological polar surface area (TPSA) is 57.0 Å². The van der Waals surface area contributed by atoms with Crippen LogP contribution in [0.4, 0.5) is 0 Å². The molecule has 0 saturated carbocycles. The highest BCUT2D eigenvalue weighted by Gasteiger charge is 2.12. The summed E-state index contributed by atoms with van der Waals surface area (Å²) < 4.78 is 7.12. The molecule has 0 amide bonds. The van der Waals surface area contributed by atoms with Gasteiger partial charge in [0.1, 0.15) is 5.76 Å². The summed E-state index contributed by atoms with van der Waals surface area (Å²) in [5.41, 5.74) is 9.06. The van der Waals surface area contributed by atoms with Gasteiger partial charge in [-0.3, -0.25) is 0 Å². The standard InChI is InChI=1S/C11H15N3O/c1-7-4-10(6-12)9(3)14(7)11-5-8(2)15-13-11/h4-5H,6,12H2,1-3H3. The molecule has 0 fully saturated rings. The number of aromatic nitrogens is 2. The zero-order valence-electron chi connectivity index (χ0n) is 9.24. The van der Waals surface area contributed by atoms with Crippen LogP contribution in [-0.4, -0.2) is 9.72 Å². The zero-order valence-corrected chi connectivity index (χ0v) is 9.24. The molecule has 0 aliphatic rings. The van der Waals surface area contributed by atoms with Gasteiger partial charge in [0, 0.05) is 24.0 Å². The largest absolute Gasteiger partial charge is 0.360 e. The second-order valence-electron chi connectivity index (χ2n) is 3.73. The highest BCUT2D eigenvalue weighted by Crippen LogP contribution is 2.19. The van der Waals surface area contributed by atoms with E-state index in [1.165, 1.54) is 0 Å². The molecule has 0 unspecified atom stereocenters. The molecule has 0 atom stereocenters. The SMILES string of the molecule is Cc1cc(-n2c(C)cc(CN)c2C)no1. The summed E-state index contributed by atoms with van der Waals surface area (Å²) in [6.07, 6.45) is 0. The second kappa shape index (κ2) is 3.55. The van der Waals surface area contributed by atoms with Crippen LogP contribution in [0.15, 0.2) is 16.7 Å². The third-order valence-electron chi connectivity index (χ3n) is 2.60. The Morgan fingerprint density at radius 1 is 1.33 bits per heavy atom. The minimum atomic E-state index is 0.552. The number of hydrogen-bond acceptors (Lipinski definition) is 3. The lowest BCUT2D eigenvalue weighted by Crippen LogP contribution is -2.02. The van der Waals surface area contributed by atoms with Gasteiger partial charge < -0.3 is 14.8 Å². The molecule has 4 nitrogen and oxygen atoms in total. The summed E-state index contributed by atoms with van der Waals surface area (Å²) >= 11 is 0. The van der Waals surface area contributed by atoms with Crippen LogP contribution in [0.1, 0.15) is 22.7 Å². The lowest BCUT2D eigenvalue weighted by atomic mass is 10.2. The molecular weight excluding hydrogens is 190 g/mol. The van der Waals surface area contributed by atoms with Gasteiger partial charge in [0.25, 0.3) is 0 Å². The average molecular weight is 205 g/mol. The summed E-state index contributed by atoms with van der Waals surface area (Å²) in [6.45, 7) is 6.51. The van der Waals surface area contributed by atoms with Crippen molar-refractivity contribution >= 4 is 0 Å². The fourth-order valence-electron chi connectivity index (χ4n) is 1.85. The molecule has 0 saturated heterocycles. The van der Waals surface area contributed by atoms with E-state index in [4.69, 9.17) is 10.3 Å². The maximum absolute atomic E-state index is 5.66. The summed E-state index contributed by atoms with van der Waals surface area (Å²) in [5.74, 6) is 1.63. The Balaban J connectivity index is 2.57. The quantitative estimate of drug-likeness (QED) is 0.814. The van der Waals surface area contributed by atoms with Crippen molar-refractivity contribution in [2.45, 2.75) is 27.3 Å².